The Labute approximate surface area is 153 Å². The van der Waals surface area contributed by atoms with Gasteiger partial charge in [-0.05, 0) is 44.5 Å². The lowest BCUT2D eigenvalue weighted by Gasteiger charge is -2.27. The van der Waals surface area contributed by atoms with Gasteiger partial charge in [0.1, 0.15) is 5.75 Å². The highest BCUT2D eigenvalue weighted by Crippen LogP contribution is 2.29. The van der Waals surface area contributed by atoms with Gasteiger partial charge < -0.3 is 20.5 Å². The zero-order valence-electron chi connectivity index (χ0n) is 14.8. The smallest absolute Gasteiger partial charge is 0.243 e. The Kier molecular flexibility index (Phi) is 5.81. The topological polar surface area (TPSA) is 108 Å². The van der Waals surface area contributed by atoms with Crippen molar-refractivity contribution < 1.29 is 23.1 Å². The monoisotopic (exact) mass is 383 g/mol. The summed E-state index contributed by atoms with van der Waals surface area (Å²) in [4.78, 5) is 12.5. The molecule has 0 aromatic heterocycles. The highest BCUT2D eigenvalue weighted by atomic mass is 32.2. The maximum Gasteiger partial charge on any atom is 0.243 e. The number of amides is 1. The molecular formula is C17H25N3O5S. The first-order chi connectivity index (χ1) is 12.4. The summed E-state index contributed by atoms with van der Waals surface area (Å²) in [6.07, 6.45) is 1.42. The van der Waals surface area contributed by atoms with Crippen molar-refractivity contribution in [2.45, 2.75) is 30.7 Å². The maximum absolute atomic E-state index is 12.7. The van der Waals surface area contributed by atoms with Gasteiger partial charge >= 0.3 is 0 Å². The van der Waals surface area contributed by atoms with Crippen molar-refractivity contribution in [1.82, 2.24) is 9.62 Å². The molecule has 1 amide bonds. The molecule has 1 aromatic rings. The summed E-state index contributed by atoms with van der Waals surface area (Å²) in [5.74, 6) is -0.513. The summed E-state index contributed by atoms with van der Waals surface area (Å²) in [7, 11) is -3.69. The second-order valence-corrected chi connectivity index (χ2v) is 8.70. The summed E-state index contributed by atoms with van der Waals surface area (Å²) < 4.78 is 32.0. The molecule has 2 atom stereocenters. The van der Waals surface area contributed by atoms with Crippen LogP contribution in [0.25, 0.3) is 0 Å². The van der Waals surface area contributed by atoms with Gasteiger partial charge in [0.05, 0.1) is 23.8 Å². The number of sulfonamides is 1. The van der Waals surface area contributed by atoms with E-state index in [1.165, 1.54) is 22.5 Å². The molecule has 2 aliphatic rings. The van der Waals surface area contributed by atoms with Gasteiger partial charge in [0, 0.05) is 25.0 Å². The van der Waals surface area contributed by atoms with Crippen molar-refractivity contribution in [2.75, 3.05) is 38.2 Å². The Hall–Kier alpha value is -1.68. The van der Waals surface area contributed by atoms with Crippen LogP contribution in [0.4, 0.5) is 5.69 Å². The molecular weight excluding hydrogens is 358 g/mol. The van der Waals surface area contributed by atoms with Gasteiger partial charge in [0.2, 0.25) is 15.9 Å². The van der Waals surface area contributed by atoms with Crippen molar-refractivity contribution in [3.63, 3.8) is 0 Å². The quantitative estimate of drug-likeness (QED) is 0.662. The van der Waals surface area contributed by atoms with Gasteiger partial charge in [-0.3, -0.25) is 4.79 Å². The molecule has 0 radical (unpaired) electrons. The van der Waals surface area contributed by atoms with Crippen LogP contribution in [-0.2, 0) is 19.6 Å². The predicted octanol–water partition coefficient (Wildman–Crippen LogP) is 0.740. The van der Waals surface area contributed by atoms with E-state index in [0.717, 1.165) is 6.54 Å². The van der Waals surface area contributed by atoms with Crippen LogP contribution in [0, 0.1) is 5.92 Å². The van der Waals surface area contributed by atoms with Crippen molar-refractivity contribution in [3.8, 4) is 5.75 Å². The SMILES string of the molecule is C[C@H]1C[C@@H](C(=O)Nc2cc(S(=O)(=O)N3CCOCC3)ccc2O)CCN1. The third-order valence-corrected chi connectivity index (χ3v) is 6.72. The Morgan fingerprint density at radius 2 is 2.08 bits per heavy atom. The molecule has 2 saturated heterocycles. The first kappa shape index (κ1) is 19.1. The van der Waals surface area contributed by atoms with Gasteiger partial charge in [-0.25, -0.2) is 8.42 Å². The molecule has 2 heterocycles. The van der Waals surface area contributed by atoms with Gasteiger partial charge in [-0.15, -0.1) is 0 Å². The van der Waals surface area contributed by atoms with Gasteiger partial charge in [0.15, 0.2) is 0 Å². The van der Waals surface area contributed by atoms with E-state index in [0.29, 0.717) is 26.1 Å². The number of carbonyl (C=O) groups excluding carboxylic acids is 1. The van der Waals surface area contributed by atoms with Gasteiger partial charge in [-0.1, -0.05) is 0 Å². The number of phenolic OH excluding ortho intramolecular Hbond substituents is 1. The number of ether oxygens (including phenoxy) is 1. The van der Waals surface area contributed by atoms with Gasteiger partial charge in [0.25, 0.3) is 0 Å². The molecule has 3 N–H and O–H groups in total. The molecule has 9 heteroatoms. The Balaban J connectivity index is 1.78. The number of anilines is 1. The highest BCUT2D eigenvalue weighted by molar-refractivity contribution is 7.89. The van der Waals surface area contributed by atoms with Gasteiger partial charge in [-0.2, -0.15) is 4.31 Å². The molecule has 2 fully saturated rings. The first-order valence-corrected chi connectivity index (χ1v) is 10.3. The molecule has 26 heavy (non-hydrogen) atoms. The van der Waals surface area contributed by atoms with Crippen molar-refractivity contribution >= 4 is 21.6 Å². The number of rotatable bonds is 4. The summed E-state index contributed by atoms with van der Waals surface area (Å²) in [6.45, 7) is 4.07. The minimum absolute atomic E-state index is 0.0474. The molecule has 144 valence electrons. The van der Waals surface area contributed by atoms with E-state index in [2.05, 4.69) is 10.6 Å². The fourth-order valence-electron chi connectivity index (χ4n) is 3.32. The number of piperidine rings is 1. The normalized spacial score (nSPS) is 25.0. The van der Waals surface area contributed by atoms with Crippen LogP contribution >= 0.6 is 0 Å². The molecule has 0 unspecified atom stereocenters. The van der Waals surface area contributed by atoms with E-state index >= 15 is 0 Å². The number of phenols is 1. The molecule has 8 nitrogen and oxygen atoms in total. The van der Waals surface area contributed by atoms with E-state index in [4.69, 9.17) is 4.74 Å². The second-order valence-electron chi connectivity index (χ2n) is 6.76. The predicted molar refractivity (Wildman–Crippen MR) is 96.5 cm³/mol. The number of nitrogens with one attached hydrogen (secondary N) is 2. The molecule has 1 aromatic carbocycles. The maximum atomic E-state index is 12.7. The molecule has 0 bridgehead atoms. The largest absolute Gasteiger partial charge is 0.506 e. The number of hydrogen-bond donors (Lipinski definition) is 3. The standard InChI is InChI=1S/C17H25N3O5S/c1-12-10-13(4-5-18-12)17(22)19-15-11-14(2-3-16(15)21)26(23,24)20-6-8-25-9-7-20/h2-3,11-13,18,21H,4-10H2,1H3,(H,19,22)/t12-,13-/m0/s1. The number of carbonyl (C=O) groups is 1. The summed E-state index contributed by atoms with van der Waals surface area (Å²) in [5, 5.41) is 16.0. The van der Waals surface area contributed by atoms with E-state index in [1.807, 2.05) is 6.92 Å². The Bertz CT molecular complexity index is 762. The van der Waals surface area contributed by atoms with E-state index in [9.17, 15) is 18.3 Å². The fourth-order valence-corrected chi connectivity index (χ4v) is 4.75. The molecule has 0 aliphatic carbocycles. The van der Waals surface area contributed by atoms with Crippen LogP contribution in [0.3, 0.4) is 0 Å². The number of morpholine rings is 1. The third-order valence-electron chi connectivity index (χ3n) is 4.83. The van der Waals surface area contributed by atoms with Crippen LogP contribution in [-0.4, -0.2) is 62.6 Å². The van der Waals surface area contributed by atoms with Crippen molar-refractivity contribution in [2.24, 2.45) is 5.92 Å². The lowest BCUT2D eigenvalue weighted by molar-refractivity contribution is -0.120. The number of aromatic hydroxyl groups is 1. The zero-order valence-corrected chi connectivity index (χ0v) is 15.6. The van der Waals surface area contributed by atoms with Crippen LogP contribution in [0.5, 0.6) is 5.75 Å². The first-order valence-electron chi connectivity index (χ1n) is 8.83. The van der Waals surface area contributed by atoms with Crippen molar-refractivity contribution in [1.29, 1.82) is 0 Å². The summed E-state index contributed by atoms with van der Waals surface area (Å²) in [6, 6.07) is 4.22. The number of nitrogens with zero attached hydrogens (tertiary/aromatic N) is 1. The van der Waals surface area contributed by atoms with Crippen LogP contribution < -0.4 is 10.6 Å². The second kappa shape index (κ2) is 7.91. The fraction of sp³-hybridized carbons (Fsp3) is 0.588. The summed E-state index contributed by atoms with van der Waals surface area (Å²) >= 11 is 0. The Morgan fingerprint density at radius 1 is 1.35 bits per heavy atom. The van der Waals surface area contributed by atoms with Crippen molar-refractivity contribution in [3.05, 3.63) is 18.2 Å². The number of benzene rings is 1. The molecule has 3 rings (SSSR count). The van der Waals surface area contributed by atoms with Crippen LogP contribution in [0.1, 0.15) is 19.8 Å². The molecule has 0 saturated carbocycles. The number of hydrogen-bond acceptors (Lipinski definition) is 6. The zero-order chi connectivity index (χ0) is 18.7. The van der Waals surface area contributed by atoms with Crippen LogP contribution in [0.15, 0.2) is 23.1 Å². The minimum Gasteiger partial charge on any atom is -0.506 e. The molecule has 0 spiro atoms. The average Bonchev–Trinajstić information content (AvgIpc) is 2.64. The Morgan fingerprint density at radius 3 is 2.77 bits per heavy atom. The third kappa shape index (κ3) is 4.17. The minimum atomic E-state index is -3.69. The lowest BCUT2D eigenvalue weighted by atomic mass is 9.92. The summed E-state index contributed by atoms with van der Waals surface area (Å²) in [5.41, 5.74) is 0.121. The average molecular weight is 383 g/mol. The lowest BCUT2D eigenvalue weighted by Crippen LogP contribution is -2.41. The highest BCUT2D eigenvalue weighted by Gasteiger charge is 2.28. The van der Waals surface area contributed by atoms with E-state index in [-0.39, 0.29) is 47.3 Å². The van der Waals surface area contributed by atoms with Crippen LogP contribution in [0.2, 0.25) is 0 Å². The molecule has 2 aliphatic heterocycles. The van der Waals surface area contributed by atoms with E-state index in [1.54, 1.807) is 0 Å². The van der Waals surface area contributed by atoms with E-state index < -0.39 is 10.0 Å².